The minimum Gasteiger partial charge on any atom is -0.352 e. The predicted octanol–water partition coefficient (Wildman–Crippen LogP) is 0.0373. The molecule has 0 atom stereocenters. The molecular formula is C15H18N4O3. The van der Waals surface area contributed by atoms with Crippen molar-refractivity contribution in [2.75, 3.05) is 6.54 Å². The average molecular weight is 302 g/mol. The molecule has 2 amide bonds. The predicted molar refractivity (Wildman–Crippen MR) is 82.3 cm³/mol. The zero-order valence-electron chi connectivity index (χ0n) is 12.5. The number of aromatic nitrogens is 2. The van der Waals surface area contributed by atoms with Crippen LogP contribution in [-0.4, -0.2) is 34.2 Å². The van der Waals surface area contributed by atoms with E-state index in [2.05, 4.69) is 15.7 Å². The Balaban J connectivity index is 2.05. The zero-order chi connectivity index (χ0) is 16.1. The highest BCUT2D eigenvalue weighted by Gasteiger charge is 2.09. The van der Waals surface area contributed by atoms with Crippen molar-refractivity contribution in [1.29, 1.82) is 0 Å². The van der Waals surface area contributed by atoms with E-state index >= 15 is 0 Å². The van der Waals surface area contributed by atoms with Crippen molar-refractivity contribution >= 4 is 22.7 Å². The van der Waals surface area contributed by atoms with Gasteiger partial charge >= 0.3 is 0 Å². The lowest BCUT2D eigenvalue weighted by Crippen LogP contribution is -2.41. The Bertz CT molecular complexity index is 752. The fraction of sp³-hybridized carbons (Fsp3) is 0.333. The number of hydrogen-bond acceptors (Lipinski definition) is 4. The monoisotopic (exact) mass is 302 g/mol. The summed E-state index contributed by atoms with van der Waals surface area (Å²) in [6.07, 6.45) is 1.18. The highest BCUT2D eigenvalue weighted by Crippen LogP contribution is 2.07. The van der Waals surface area contributed by atoms with E-state index in [4.69, 9.17) is 0 Å². The molecule has 0 radical (unpaired) electrons. The van der Waals surface area contributed by atoms with Gasteiger partial charge in [-0.3, -0.25) is 19.1 Å². The molecule has 1 aromatic heterocycles. The molecule has 2 N–H and O–H groups in total. The summed E-state index contributed by atoms with van der Waals surface area (Å²) < 4.78 is 1.44. The fourth-order valence-corrected chi connectivity index (χ4v) is 2.03. The highest BCUT2D eigenvalue weighted by atomic mass is 16.2. The number of amides is 2. The van der Waals surface area contributed by atoms with Crippen LogP contribution >= 0.6 is 0 Å². The Hall–Kier alpha value is -2.70. The molecule has 0 fully saturated rings. The number of fused-ring (bicyclic) bond motifs is 1. The van der Waals surface area contributed by atoms with Crippen molar-refractivity contribution in [3.8, 4) is 0 Å². The van der Waals surface area contributed by atoms with Gasteiger partial charge in [-0.15, -0.1) is 0 Å². The topological polar surface area (TPSA) is 93.1 Å². The summed E-state index contributed by atoms with van der Waals surface area (Å²) in [6.45, 7) is 3.54. The Kier molecular flexibility index (Phi) is 4.88. The second kappa shape index (κ2) is 6.84. The molecule has 2 rings (SSSR count). The summed E-state index contributed by atoms with van der Waals surface area (Å²) in [6, 6.07) is 6.96. The molecule has 0 aliphatic rings. The van der Waals surface area contributed by atoms with Crippen LogP contribution in [0.2, 0.25) is 0 Å². The lowest BCUT2D eigenvalue weighted by Gasteiger charge is -2.11. The van der Waals surface area contributed by atoms with Crippen molar-refractivity contribution in [2.24, 2.45) is 0 Å². The molecule has 0 spiro atoms. The minimum atomic E-state index is -0.347. The van der Waals surface area contributed by atoms with Crippen LogP contribution in [0.1, 0.15) is 13.8 Å². The lowest BCUT2D eigenvalue weighted by molar-refractivity contribution is -0.126. The van der Waals surface area contributed by atoms with E-state index in [9.17, 15) is 14.4 Å². The largest absolute Gasteiger partial charge is 0.352 e. The van der Waals surface area contributed by atoms with Crippen LogP contribution in [0, 0.1) is 0 Å². The number of nitrogens with zero attached hydrogens (tertiary/aromatic N) is 2. The normalized spacial score (nSPS) is 10.7. The quantitative estimate of drug-likeness (QED) is 0.815. The van der Waals surface area contributed by atoms with Crippen molar-refractivity contribution in [1.82, 2.24) is 20.4 Å². The average Bonchev–Trinajstić information content (AvgIpc) is 2.48. The van der Waals surface area contributed by atoms with E-state index in [-0.39, 0.29) is 36.4 Å². The van der Waals surface area contributed by atoms with Gasteiger partial charge in [-0.25, -0.2) is 0 Å². The maximum atomic E-state index is 11.9. The number of carbonyl (C=O) groups excluding carboxylic acids is 2. The molecule has 0 unspecified atom stereocenters. The van der Waals surface area contributed by atoms with Gasteiger partial charge in [0.1, 0.15) is 6.54 Å². The molecule has 1 heterocycles. The van der Waals surface area contributed by atoms with Crippen LogP contribution < -0.4 is 16.1 Å². The Labute approximate surface area is 127 Å². The van der Waals surface area contributed by atoms with Crippen LogP contribution in [0.4, 0.5) is 0 Å². The Morgan fingerprint density at radius 1 is 1.23 bits per heavy atom. The van der Waals surface area contributed by atoms with E-state index in [1.54, 1.807) is 24.3 Å². The third-order valence-electron chi connectivity index (χ3n) is 2.95. The summed E-state index contributed by atoms with van der Waals surface area (Å²) in [5.74, 6) is -0.596. The van der Waals surface area contributed by atoms with Gasteiger partial charge in [-0.2, -0.15) is 5.10 Å². The van der Waals surface area contributed by atoms with Gasteiger partial charge in [0.2, 0.25) is 17.2 Å². The molecule has 0 aliphatic heterocycles. The summed E-state index contributed by atoms with van der Waals surface area (Å²) in [4.78, 5) is 35.1. The minimum absolute atomic E-state index is 0.0222. The Morgan fingerprint density at radius 2 is 1.95 bits per heavy atom. The molecule has 0 bridgehead atoms. The number of carbonyl (C=O) groups is 2. The number of benzene rings is 1. The number of para-hydroxylation sites is 1. The molecule has 2 aromatic rings. The van der Waals surface area contributed by atoms with Gasteiger partial charge in [0.15, 0.2) is 0 Å². The third-order valence-corrected chi connectivity index (χ3v) is 2.95. The maximum absolute atomic E-state index is 11.9. The molecule has 1 aromatic carbocycles. The highest BCUT2D eigenvalue weighted by molar-refractivity contribution is 5.85. The van der Waals surface area contributed by atoms with E-state index < -0.39 is 0 Å². The second-order valence-electron chi connectivity index (χ2n) is 5.18. The van der Waals surface area contributed by atoms with Gasteiger partial charge in [-0.05, 0) is 26.0 Å². The third kappa shape index (κ3) is 3.91. The lowest BCUT2D eigenvalue weighted by atomic mass is 10.2. The van der Waals surface area contributed by atoms with Gasteiger partial charge in [0, 0.05) is 11.4 Å². The first-order valence-corrected chi connectivity index (χ1v) is 6.98. The van der Waals surface area contributed by atoms with Crippen LogP contribution in [0.15, 0.2) is 35.3 Å². The number of nitrogens with one attached hydrogen (secondary N) is 2. The van der Waals surface area contributed by atoms with Crippen molar-refractivity contribution in [3.63, 3.8) is 0 Å². The molecule has 0 saturated heterocycles. The van der Waals surface area contributed by atoms with Crippen LogP contribution in [0.3, 0.4) is 0 Å². The number of hydrogen-bond donors (Lipinski definition) is 2. The van der Waals surface area contributed by atoms with E-state index in [1.165, 1.54) is 10.9 Å². The Morgan fingerprint density at radius 3 is 2.68 bits per heavy atom. The maximum Gasteiger partial charge on any atom is 0.242 e. The summed E-state index contributed by atoms with van der Waals surface area (Å²) in [7, 11) is 0. The van der Waals surface area contributed by atoms with E-state index in [0.29, 0.717) is 10.9 Å². The van der Waals surface area contributed by atoms with E-state index in [0.717, 1.165) is 0 Å². The first kappa shape index (κ1) is 15.7. The van der Waals surface area contributed by atoms with Crippen molar-refractivity contribution < 1.29 is 9.59 Å². The second-order valence-corrected chi connectivity index (χ2v) is 5.18. The molecule has 22 heavy (non-hydrogen) atoms. The molecule has 7 nitrogen and oxygen atoms in total. The van der Waals surface area contributed by atoms with Gasteiger partial charge in [-0.1, -0.05) is 12.1 Å². The van der Waals surface area contributed by atoms with E-state index in [1.807, 2.05) is 13.8 Å². The summed E-state index contributed by atoms with van der Waals surface area (Å²) in [5.41, 5.74) is 0.389. The zero-order valence-corrected chi connectivity index (χ0v) is 12.5. The standard InChI is InChI=1S/C15H18N4O3/c1-10(2)18-14(21)8-16-15(22)9-19-12-6-4-3-5-11(12)13(20)7-17-19/h3-7,10H,8-9H2,1-2H3,(H,16,22)(H,18,21). The van der Waals surface area contributed by atoms with Gasteiger partial charge in [0.05, 0.1) is 18.3 Å². The van der Waals surface area contributed by atoms with Crippen LogP contribution in [0.25, 0.3) is 10.9 Å². The van der Waals surface area contributed by atoms with Gasteiger partial charge < -0.3 is 10.6 Å². The van der Waals surface area contributed by atoms with Gasteiger partial charge in [0.25, 0.3) is 0 Å². The first-order chi connectivity index (χ1) is 10.5. The fourth-order valence-electron chi connectivity index (χ4n) is 2.03. The molecule has 7 heteroatoms. The summed E-state index contributed by atoms with van der Waals surface area (Å²) in [5, 5.41) is 9.67. The molecule has 116 valence electrons. The SMILES string of the molecule is CC(C)NC(=O)CNC(=O)Cn1ncc(=O)c2ccccc21. The molecule has 0 aliphatic carbocycles. The summed E-state index contributed by atoms with van der Waals surface area (Å²) >= 11 is 0. The molecular weight excluding hydrogens is 284 g/mol. The van der Waals surface area contributed by atoms with Crippen LogP contribution in [0.5, 0.6) is 0 Å². The molecule has 0 saturated carbocycles. The first-order valence-electron chi connectivity index (χ1n) is 6.98. The van der Waals surface area contributed by atoms with Crippen molar-refractivity contribution in [2.45, 2.75) is 26.4 Å². The number of rotatable bonds is 5. The smallest absolute Gasteiger partial charge is 0.242 e. The van der Waals surface area contributed by atoms with Crippen LogP contribution in [-0.2, 0) is 16.1 Å². The van der Waals surface area contributed by atoms with Crippen molar-refractivity contribution in [3.05, 3.63) is 40.7 Å².